The molecule has 1 spiro atoms. The smallest absolute Gasteiger partial charge is 0.243 e. The fourth-order valence-electron chi connectivity index (χ4n) is 5.57. The van der Waals surface area contributed by atoms with Crippen molar-refractivity contribution in [2.45, 2.75) is 63.8 Å². The summed E-state index contributed by atoms with van der Waals surface area (Å²) in [6, 6.07) is 4.84. The number of nitrogens with zero attached hydrogens (tertiary/aromatic N) is 4. The highest BCUT2D eigenvalue weighted by molar-refractivity contribution is 6.13. The number of aromatic nitrogens is 2. The molecule has 2 aliphatic heterocycles. The summed E-state index contributed by atoms with van der Waals surface area (Å²) in [6.45, 7) is 4.74. The highest BCUT2D eigenvalue weighted by Gasteiger charge is 2.55. The maximum atomic E-state index is 15.3. The molecule has 1 saturated carbocycles. The van der Waals surface area contributed by atoms with Crippen LogP contribution in [-0.2, 0) is 21.6 Å². The lowest BCUT2D eigenvalue weighted by Gasteiger charge is -2.37. The van der Waals surface area contributed by atoms with Gasteiger partial charge in [-0.1, -0.05) is 12.8 Å². The molecular formula is C23H28FN5O3. The topological polar surface area (TPSA) is 105 Å². The molecule has 9 heteroatoms. The molecule has 3 aliphatic rings. The number of hydrogen-bond donors (Lipinski definition) is 2. The van der Waals surface area contributed by atoms with E-state index in [0.717, 1.165) is 12.8 Å². The van der Waals surface area contributed by atoms with Gasteiger partial charge in [-0.25, -0.2) is 14.4 Å². The fourth-order valence-corrected chi connectivity index (χ4v) is 5.57. The summed E-state index contributed by atoms with van der Waals surface area (Å²) in [6.07, 6.45) is 3.13. The molecule has 170 valence electrons. The second-order valence-electron chi connectivity index (χ2n) is 9.11. The van der Waals surface area contributed by atoms with Gasteiger partial charge in [-0.15, -0.1) is 0 Å². The number of morpholine rings is 1. The van der Waals surface area contributed by atoms with Crippen LogP contribution < -0.4 is 15.5 Å². The monoisotopic (exact) mass is 441 g/mol. The number of nitrogens with two attached hydrogens (primary N) is 1. The largest absolute Gasteiger partial charge is 0.388 e. The number of anilines is 4. The maximum absolute atomic E-state index is 15.3. The van der Waals surface area contributed by atoms with Crippen molar-refractivity contribution >= 4 is 28.9 Å². The Bertz CT molecular complexity index is 1060. The first-order valence-electron chi connectivity index (χ1n) is 11.2. The first kappa shape index (κ1) is 21.1. The van der Waals surface area contributed by atoms with Gasteiger partial charge in [0.15, 0.2) is 5.82 Å². The normalized spacial score (nSPS) is 24.4. The summed E-state index contributed by atoms with van der Waals surface area (Å²) in [5.41, 5.74) is 6.96. The van der Waals surface area contributed by atoms with Crippen molar-refractivity contribution in [2.24, 2.45) is 0 Å². The minimum atomic E-state index is -0.780. The Balaban J connectivity index is 1.57. The van der Waals surface area contributed by atoms with Crippen LogP contribution in [0.5, 0.6) is 0 Å². The van der Waals surface area contributed by atoms with E-state index in [2.05, 4.69) is 9.97 Å². The summed E-state index contributed by atoms with van der Waals surface area (Å²) >= 11 is 0. The van der Waals surface area contributed by atoms with Crippen LogP contribution in [0, 0.1) is 5.82 Å². The molecule has 1 saturated heterocycles. The Morgan fingerprint density at radius 2 is 1.91 bits per heavy atom. The van der Waals surface area contributed by atoms with Crippen molar-refractivity contribution in [1.29, 1.82) is 0 Å². The van der Waals surface area contributed by atoms with Crippen LogP contribution in [-0.4, -0.2) is 46.3 Å². The first-order chi connectivity index (χ1) is 15.3. The third-order valence-electron chi connectivity index (χ3n) is 6.82. The molecule has 1 aliphatic carbocycles. The van der Waals surface area contributed by atoms with Gasteiger partial charge >= 0.3 is 0 Å². The van der Waals surface area contributed by atoms with E-state index in [9.17, 15) is 9.90 Å². The van der Waals surface area contributed by atoms with E-state index < -0.39 is 17.8 Å². The van der Waals surface area contributed by atoms with Crippen molar-refractivity contribution in [1.82, 2.24) is 9.97 Å². The Kier molecular flexibility index (Phi) is 5.05. The van der Waals surface area contributed by atoms with E-state index in [4.69, 9.17) is 10.5 Å². The van der Waals surface area contributed by atoms with Gasteiger partial charge in [-0.2, -0.15) is 0 Å². The van der Waals surface area contributed by atoms with Crippen molar-refractivity contribution in [3.8, 4) is 0 Å². The standard InChI is InChI=1S/C23H28FN5O3/c1-13-10-28(11-14(2)32-13)17-6-5-15(9-16(17)24)29-21-19(20(25)26-18(12-30)27-21)23(22(29)31)7-3-4-8-23/h5-6,9,13-14,30H,3-4,7-8,10-12H2,1-2H3,(H2,25,26,27)/t13-,14+. The molecule has 5 rings (SSSR count). The van der Waals surface area contributed by atoms with E-state index >= 15 is 4.39 Å². The third kappa shape index (κ3) is 3.14. The lowest BCUT2D eigenvalue weighted by atomic mass is 9.80. The molecule has 1 aromatic heterocycles. The molecule has 2 aromatic rings. The summed E-state index contributed by atoms with van der Waals surface area (Å²) in [5.74, 6) is 0.152. The van der Waals surface area contributed by atoms with Crippen LogP contribution in [0.15, 0.2) is 18.2 Å². The number of fused-ring (bicyclic) bond motifs is 2. The zero-order valence-corrected chi connectivity index (χ0v) is 18.3. The van der Waals surface area contributed by atoms with Crippen molar-refractivity contribution < 1.29 is 19.0 Å². The average Bonchev–Trinajstić information content (AvgIpc) is 3.32. The zero-order chi connectivity index (χ0) is 22.6. The highest BCUT2D eigenvalue weighted by atomic mass is 19.1. The number of rotatable bonds is 3. The number of hydrogen-bond acceptors (Lipinski definition) is 7. The van der Waals surface area contributed by atoms with Crippen molar-refractivity contribution in [2.75, 3.05) is 28.6 Å². The summed E-state index contributed by atoms with van der Waals surface area (Å²) < 4.78 is 21.1. The average molecular weight is 442 g/mol. The highest BCUT2D eigenvalue weighted by Crippen LogP contribution is 2.54. The molecule has 8 nitrogen and oxygen atoms in total. The van der Waals surface area contributed by atoms with Crippen molar-refractivity contribution in [3.63, 3.8) is 0 Å². The number of carbonyl (C=O) groups is 1. The van der Waals surface area contributed by atoms with Crippen LogP contribution in [0.25, 0.3) is 0 Å². The number of ether oxygens (including phenoxy) is 1. The minimum absolute atomic E-state index is 0.00339. The van der Waals surface area contributed by atoms with E-state index in [1.54, 1.807) is 12.1 Å². The molecule has 3 N–H and O–H groups in total. The maximum Gasteiger partial charge on any atom is 0.243 e. The van der Waals surface area contributed by atoms with Gasteiger partial charge in [0.1, 0.15) is 24.1 Å². The van der Waals surface area contributed by atoms with Crippen LogP contribution in [0.3, 0.4) is 0 Å². The van der Waals surface area contributed by atoms with Crippen LogP contribution in [0.1, 0.15) is 50.9 Å². The van der Waals surface area contributed by atoms with Gasteiger partial charge in [-0.05, 0) is 38.8 Å². The summed E-state index contributed by atoms with van der Waals surface area (Å²) in [4.78, 5) is 25.8. The predicted molar refractivity (Wildman–Crippen MR) is 118 cm³/mol. The number of carbonyl (C=O) groups excluding carboxylic acids is 1. The van der Waals surface area contributed by atoms with Gasteiger partial charge in [0.25, 0.3) is 0 Å². The van der Waals surface area contributed by atoms with E-state index in [1.165, 1.54) is 11.0 Å². The number of benzene rings is 1. The third-order valence-corrected chi connectivity index (χ3v) is 6.82. The molecule has 2 atom stereocenters. The van der Waals surface area contributed by atoms with Gasteiger partial charge in [-0.3, -0.25) is 9.69 Å². The number of aliphatic hydroxyl groups is 1. The lowest BCUT2D eigenvalue weighted by molar-refractivity contribution is -0.122. The molecule has 2 fully saturated rings. The van der Waals surface area contributed by atoms with Gasteiger partial charge in [0.05, 0.1) is 34.6 Å². The molecular weight excluding hydrogens is 413 g/mol. The summed E-state index contributed by atoms with van der Waals surface area (Å²) in [7, 11) is 0. The molecule has 32 heavy (non-hydrogen) atoms. The number of nitrogen functional groups attached to an aromatic ring is 1. The predicted octanol–water partition coefficient (Wildman–Crippen LogP) is 2.79. The van der Waals surface area contributed by atoms with Crippen LogP contribution >= 0.6 is 0 Å². The number of aliphatic hydroxyl groups excluding tert-OH is 1. The van der Waals surface area contributed by atoms with Gasteiger partial charge < -0.3 is 20.5 Å². The molecule has 0 unspecified atom stereocenters. The Morgan fingerprint density at radius 1 is 1.22 bits per heavy atom. The first-order valence-corrected chi connectivity index (χ1v) is 11.2. The quantitative estimate of drug-likeness (QED) is 0.755. The van der Waals surface area contributed by atoms with E-state index in [1.807, 2.05) is 18.7 Å². The zero-order valence-electron chi connectivity index (χ0n) is 18.3. The lowest BCUT2D eigenvalue weighted by Crippen LogP contribution is -2.45. The Morgan fingerprint density at radius 3 is 2.53 bits per heavy atom. The van der Waals surface area contributed by atoms with Gasteiger partial charge in [0.2, 0.25) is 5.91 Å². The number of halogens is 1. The minimum Gasteiger partial charge on any atom is -0.388 e. The van der Waals surface area contributed by atoms with Crippen LogP contribution in [0.2, 0.25) is 0 Å². The second-order valence-corrected chi connectivity index (χ2v) is 9.11. The Labute approximate surface area is 186 Å². The molecule has 1 amide bonds. The SMILES string of the molecule is C[C@@H]1CN(c2ccc(N3C(=O)C4(CCCC4)c4c(N)nc(CO)nc43)cc2F)C[C@H](C)O1. The van der Waals surface area contributed by atoms with Crippen LogP contribution in [0.4, 0.5) is 27.4 Å². The van der Waals surface area contributed by atoms with E-state index in [-0.39, 0.29) is 29.8 Å². The Hall–Kier alpha value is -2.78. The van der Waals surface area contributed by atoms with E-state index in [0.29, 0.717) is 48.7 Å². The molecule has 0 bridgehead atoms. The summed E-state index contributed by atoms with van der Waals surface area (Å²) in [5, 5.41) is 9.58. The molecule has 3 heterocycles. The molecule has 1 aromatic carbocycles. The molecule has 0 radical (unpaired) electrons. The fraction of sp³-hybridized carbons (Fsp3) is 0.522. The van der Waals surface area contributed by atoms with Crippen molar-refractivity contribution in [3.05, 3.63) is 35.4 Å². The second kappa shape index (κ2) is 7.67. The van der Waals surface area contributed by atoms with Gasteiger partial charge in [0, 0.05) is 19.2 Å². The number of amides is 1.